The first kappa shape index (κ1) is 15.1. The molecule has 0 N–H and O–H groups in total. The number of hydrogen-bond donors (Lipinski definition) is 1. The van der Waals surface area contributed by atoms with Crippen molar-refractivity contribution in [1.82, 2.24) is 4.90 Å². The first-order valence-electron chi connectivity index (χ1n) is 6.20. The van der Waals surface area contributed by atoms with Crippen LogP contribution in [0.1, 0.15) is 25.3 Å². The van der Waals surface area contributed by atoms with E-state index < -0.39 is 0 Å². The fraction of sp³-hybridized carbons (Fsp3) is 0.571. The molecular formula is C14H22BrNS. The van der Waals surface area contributed by atoms with Crippen LogP contribution in [0.2, 0.25) is 0 Å². The molecule has 3 heteroatoms. The van der Waals surface area contributed by atoms with Crippen molar-refractivity contribution < 1.29 is 0 Å². The van der Waals surface area contributed by atoms with Gasteiger partial charge in [-0.3, -0.25) is 0 Å². The Balaban J connectivity index is 2.49. The molecule has 96 valence electrons. The second-order valence-electron chi connectivity index (χ2n) is 4.63. The van der Waals surface area contributed by atoms with E-state index in [1.54, 1.807) is 0 Å². The zero-order chi connectivity index (χ0) is 12.7. The molecule has 0 saturated heterocycles. The maximum absolute atomic E-state index is 4.43. The number of rotatable bonds is 7. The third-order valence-electron chi connectivity index (χ3n) is 2.92. The second-order valence-corrected chi connectivity index (χ2v) is 5.84. The Morgan fingerprint density at radius 1 is 1.35 bits per heavy atom. The van der Waals surface area contributed by atoms with E-state index in [0.29, 0.717) is 5.92 Å². The number of halogens is 1. The van der Waals surface area contributed by atoms with Crippen molar-refractivity contribution in [1.29, 1.82) is 0 Å². The Hall–Kier alpha value is 0.01000. The largest absolute Gasteiger partial charge is 0.302 e. The SMILES string of the molecule is CCCC(CS)CN(C)Cc1ccccc1Br. The van der Waals surface area contributed by atoms with Gasteiger partial charge >= 0.3 is 0 Å². The van der Waals surface area contributed by atoms with Gasteiger partial charge in [-0.2, -0.15) is 12.6 Å². The molecular weight excluding hydrogens is 294 g/mol. The van der Waals surface area contributed by atoms with Crippen molar-refractivity contribution in [2.24, 2.45) is 5.92 Å². The van der Waals surface area contributed by atoms with Gasteiger partial charge in [-0.05, 0) is 36.8 Å². The minimum Gasteiger partial charge on any atom is -0.302 e. The number of nitrogens with zero attached hydrogens (tertiary/aromatic N) is 1. The molecule has 0 aliphatic rings. The first-order valence-corrected chi connectivity index (χ1v) is 7.62. The minimum atomic E-state index is 0.704. The van der Waals surface area contributed by atoms with Gasteiger partial charge in [-0.1, -0.05) is 47.5 Å². The smallest absolute Gasteiger partial charge is 0.0242 e. The van der Waals surface area contributed by atoms with Gasteiger partial charge in [0, 0.05) is 17.6 Å². The fourth-order valence-corrected chi connectivity index (χ4v) is 2.78. The third kappa shape index (κ3) is 5.45. The van der Waals surface area contributed by atoms with Crippen molar-refractivity contribution in [2.45, 2.75) is 26.3 Å². The highest BCUT2D eigenvalue weighted by Gasteiger charge is 2.10. The third-order valence-corrected chi connectivity index (χ3v) is 4.21. The van der Waals surface area contributed by atoms with Gasteiger partial charge in [-0.25, -0.2) is 0 Å². The van der Waals surface area contributed by atoms with Gasteiger partial charge in [-0.15, -0.1) is 0 Å². The lowest BCUT2D eigenvalue weighted by atomic mass is 10.1. The van der Waals surface area contributed by atoms with Crippen LogP contribution in [0.4, 0.5) is 0 Å². The van der Waals surface area contributed by atoms with E-state index in [1.165, 1.54) is 22.9 Å². The molecule has 1 aromatic rings. The molecule has 0 amide bonds. The zero-order valence-corrected chi connectivity index (χ0v) is 13.2. The number of thiol groups is 1. The van der Waals surface area contributed by atoms with Gasteiger partial charge in [0.2, 0.25) is 0 Å². The second kappa shape index (κ2) is 8.17. The van der Waals surface area contributed by atoms with Gasteiger partial charge in [0.1, 0.15) is 0 Å². The maximum Gasteiger partial charge on any atom is 0.0242 e. The van der Waals surface area contributed by atoms with Crippen LogP contribution in [0.15, 0.2) is 28.7 Å². The molecule has 0 aromatic heterocycles. The quantitative estimate of drug-likeness (QED) is 0.737. The molecule has 0 heterocycles. The summed E-state index contributed by atoms with van der Waals surface area (Å²) in [6.07, 6.45) is 2.51. The summed E-state index contributed by atoms with van der Waals surface area (Å²) in [7, 11) is 2.19. The van der Waals surface area contributed by atoms with Crippen molar-refractivity contribution >= 4 is 28.6 Å². The Kier molecular flexibility index (Phi) is 7.24. The van der Waals surface area contributed by atoms with Crippen LogP contribution < -0.4 is 0 Å². The number of hydrogen-bond acceptors (Lipinski definition) is 2. The summed E-state index contributed by atoms with van der Waals surface area (Å²) in [4.78, 5) is 2.39. The lowest BCUT2D eigenvalue weighted by molar-refractivity contribution is 0.273. The molecule has 1 unspecified atom stereocenters. The van der Waals surface area contributed by atoms with Crippen molar-refractivity contribution in [2.75, 3.05) is 19.3 Å². The summed E-state index contributed by atoms with van der Waals surface area (Å²) in [6, 6.07) is 8.43. The zero-order valence-electron chi connectivity index (χ0n) is 10.7. The summed E-state index contributed by atoms with van der Waals surface area (Å²) in [5.41, 5.74) is 1.35. The molecule has 0 spiro atoms. The van der Waals surface area contributed by atoms with E-state index >= 15 is 0 Å². The highest BCUT2D eigenvalue weighted by molar-refractivity contribution is 9.10. The van der Waals surface area contributed by atoms with Gasteiger partial charge in [0.25, 0.3) is 0 Å². The summed E-state index contributed by atoms with van der Waals surface area (Å²) >= 11 is 8.03. The van der Waals surface area contributed by atoms with Crippen molar-refractivity contribution in [3.05, 3.63) is 34.3 Å². The predicted octanol–water partition coefficient (Wildman–Crippen LogP) is 4.23. The standard InChI is InChI=1S/C14H22BrNS/c1-3-6-12(11-17)9-16(2)10-13-7-4-5-8-14(13)15/h4-5,7-8,12,17H,3,6,9-11H2,1-2H3. The van der Waals surface area contributed by atoms with Crippen LogP contribution >= 0.6 is 28.6 Å². The summed E-state index contributed by atoms with van der Waals surface area (Å²) in [5.74, 6) is 1.68. The maximum atomic E-state index is 4.43. The molecule has 17 heavy (non-hydrogen) atoms. The molecule has 0 fully saturated rings. The van der Waals surface area contributed by atoms with E-state index in [4.69, 9.17) is 0 Å². The minimum absolute atomic E-state index is 0.704. The Bertz CT molecular complexity index is 330. The topological polar surface area (TPSA) is 3.24 Å². The van der Waals surface area contributed by atoms with Crippen LogP contribution in [-0.4, -0.2) is 24.2 Å². The van der Waals surface area contributed by atoms with Crippen LogP contribution in [-0.2, 0) is 6.54 Å². The van der Waals surface area contributed by atoms with Crippen LogP contribution in [0.25, 0.3) is 0 Å². The van der Waals surface area contributed by atoms with E-state index in [0.717, 1.165) is 18.8 Å². The molecule has 1 nitrogen and oxygen atoms in total. The Morgan fingerprint density at radius 2 is 2.06 bits per heavy atom. The fourth-order valence-electron chi connectivity index (χ4n) is 2.07. The molecule has 0 aliphatic carbocycles. The lowest BCUT2D eigenvalue weighted by Crippen LogP contribution is -2.26. The van der Waals surface area contributed by atoms with E-state index in [2.05, 4.69) is 71.7 Å². The molecule has 1 atom stereocenters. The average molecular weight is 316 g/mol. The molecule has 1 aromatic carbocycles. The summed E-state index contributed by atoms with van der Waals surface area (Å²) < 4.78 is 1.20. The monoisotopic (exact) mass is 315 g/mol. The molecule has 0 radical (unpaired) electrons. The van der Waals surface area contributed by atoms with Crippen LogP contribution in [0, 0.1) is 5.92 Å². The van der Waals surface area contributed by atoms with Crippen LogP contribution in [0.5, 0.6) is 0 Å². The molecule has 0 aliphatic heterocycles. The summed E-state index contributed by atoms with van der Waals surface area (Å²) in [6.45, 7) is 4.36. The first-order chi connectivity index (χ1) is 8.17. The predicted molar refractivity (Wildman–Crippen MR) is 82.7 cm³/mol. The summed E-state index contributed by atoms with van der Waals surface area (Å²) in [5, 5.41) is 0. The highest BCUT2D eigenvalue weighted by atomic mass is 79.9. The van der Waals surface area contributed by atoms with E-state index in [-0.39, 0.29) is 0 Å². The van der Waals surface area contributed by atoms with Crippen molar-refractivity contribution in [3.63, 3.8) is 0 Å². The average Bonchev–Trinajstić information content (AvgIpc) is 2.31. The molecule has 1 rings (SSSR count). The van der Waals surface area contributed by atoms with Crippen molar-refractivity contribution in [3.8, 4) is 0 Å². The van der Waals surface area contributed by atoms with E-state index in [9.17, 15) is 0 Å². The van der Waals surface area contributed by atoms with E-state index in [1.807, 2.05) is 0 Å². The van der Waals surface area contributed by atoms with Gasteiger partial charge in [0.05, 0.1) is 0 Å². The normalized spacial score (nSPS) is 13.0. The molecule has 0 bridgehead atoms. The Labute approximate surface area is 119 Å². The highest BCUT2D eigenvalue weighted by Crippen LogP contribution is 2.18. The molecule has 0 saturated carbocycles. The van der Waals surface area contributed by atoms with Gasteiger partial charge in [0.15, 0.2) is 0 Å². The van der Waals surface area contributed by atoms with Crippen LogP contribution in [0.3, 0.4) is 0 Å². The number of benzene rings is 1. The van der Waals surface area contributed by atoms with Gasteiger partial charge < -0.3 is 4.90 Å². The Morgan fingerprint density at radius 3 is 2.65 bits per heavy atom. The lowest BCUT2D eigenvalue weighted by Gasteiger charge is -2.23.